The first-order valence-corrected chi connectivity index (χ1v) is 10.7. The van der Waals surface area contributed by atoms with E-state index in [0.29, 0.717) is 19.7 Å². The number of piperazine rings is 1. The number of quaternary nitrogens is 2. The Balaban J connectivity index is 1.64. The third-order valence-corrected chi connectivity index (χ3v) is 5.04. The number of rotatable bonds is 9. The molecule has 3 N–H and O–H groups in total. The number of amides is 2. The van der Waals surface area contributed by atoms with Gasteiger partial charge in [-0.15, -0.1) is 0 Å². The van der Waals surface area contributed by atoms with E-state index in [2.05, 4.69) is 5.32 Å². The summed E-state index contributed by atoms with van der Waals surface area (Å²) >= 11 is 0. The fourth-order valence-corrected chi connectivity index (χ4v) is 3.48. The Bertz CT molecular complexity index is 679. The van der Waals surface area contributed by atoms with Crippen LogP contribution in [0.25, 0.3) is 0 Å². The Kier molecular flexibility index (Phi) is 8.92. The first-order chi connectivity index (χ1) is 14.2. The van der Waals surface area contributed by atoms with Crippen molar-refractivity contribution in [1.29, 1.82) is 0 Å². The molecule has 1 atom stereocenters. The zero-order valence-electron chi connectivity index (χ0n) is 19.0. The highest BCUT2D eigenvalue weighted by atomic mass is 16.5. The van der Waals surface area contributed by atoms with Gasteiger partial charge < -0.3 is 29.5 Å². The van der Waals surface area contributed by atoms with E-state index in [1.165, 1.54) is 4.90 Å². The maximum absolute atomic E-state index is 12.6. The van der Waals surface area contributed by atoms with Gasteiger partial charge in [-0.25, -0.2) is 0 Å². The number of nitrogens with zero attached hydrogens (tertiary/aromatic N) is 1. The molecule has 2 rings (SSSR count). The number of nitrogens with one attached hydrogen (secondary N) is 3. The summed E-state index contributed by atoms with van der Waals surface area (Å²) in [5, 5.41) is 2.94. The molecule has 1 unspecified atom stereocenters. The first kappa shape index (κ1) is 24.0. The predicted octanol–water partition coefficient (Wildman–Crippen LogP) is -1.77. The van der Waals surface area contributed by atoms with E-state index in [4.69, 9.17) is 9.47 Å². The molecule has 0 radical (unpaired) electrons. The topological polar surface area (TPSA) is 76.8 Å². The first-order valence-electron chi connectivity index (χ1n) is 10.7. The second kappa shape index (κ2) is 11.2. The van der Waals surface area contributed by atoms with Crippen molar-refractivity contribution in [3.63, 3.8) is 0 Å². The standard InChI is InChI=1S/C22H36N4O4/c1-22(2,3)23-20(27)16-24(4)17-21(28)26-12-10-25(11-13-26)14-15-30-19-8-6-18(29-5)7-9-19/h6-9H,10-17H2,1-5H3,(H,23,27)/p+2. The number of ether oxygens (including phenoxy) is 2. The Labute approximate surface area is 180 Å². The van der Waals surface area contributed by atoms with E-state index in [-0.39, 0.29) is 17.4 Å². The lowest BCUT2D eigenvalue weighted by Gasteiger charge is -2.32. The second-order valence-electron chi connectivity index (χ2n) is 9.01. The number of benzene rings is 1. The zero-order chi connectivity index (χ0) is 22.1. The van der Waals surface area contributed by atoms with Crippen LogP contribution in [0.1, 0.15) is 20.8 Å². The summed E-state index contributed by atoms with van der Waals surface area (Å²) in [5.74, 6) is 1.74. The molecule has 8 heteroatoms. The molecular formula is C22H38N4O4+2. The molecule has 2 amide bonds. The lowest BCUT2D eigenvalue weighted by Crippen LogP contribution is -3.15. The summed E-state index contributed by atoms with van der Waals surface area (Å²) < 4.78 is 11.0. The van der Waals surface area contributed by atoms with E-state index >= 15 is 0 Å². The average molecular weight is 423 g/mol. The van der Waals surface area contributed by atoms with Gasteiger partial charge in [-0.1, -0.05) is 0 Å². The number of methoxy groups -OCH3 is 1. The molecule has 8 nitrogen and oxygen atoms in total. The van der Waals surface area contributed by atoms with Gasteiger partial charge in [-0.2, -0.15) is 0 Å². The largest absolute Gasteiger partial charge is 0.497 e. The highest BCUT2D eigenvalue weighted by Crippen LogP contribution is 2.16. The molecule has 0 saturated carbocycles. The molecule has 0 bridgehead atoms. The molecule has 30 heavy (non-hydrogen) atoms. The normalized spacial score (nSPS) is 16.1. The second-order valence-corrected chi connectivity index (χ2v) is 9.01. The third kappa shape index (κ3) is 8.59. The summed E-state index contributed by atoms with van der Waals surface area (Å²) in [4.78, 5) is 28.9. The Hall–Kier alpha value is -2.32. The highest BCUT2D eigenvalue weighted by Gasteiger charge is 2.26. The summed E-state index contributed by atoms with van der Waals surface area (Å²) in [5.41, 5.74) is -0.252. The van der Waals surface area contributed by atoms with E-state index < -0.39 is 0 Å². The van der Waals surface area contributed by atoms with E-state index in [1.54, 1.807) is 7.11 Å². The van der Waals surface area contributed by atoms with Crippen LogP contribution in [0.5, 0.6) is 11.5 Å². The Morgan fingerprint density at radius 3 is 2.27 bits per heavy atom. The molecule has 0 aromatic heterocycles. The van der Waals surface area contributed by atoms with Crippen LogP contribution in [0.4, 0.5) is 0 Å². The summed E-state index contributed by atoms with van der Waals surface area (Å²) in [6.45, 7) is 11.4. The minimum atomic E-state index is -0.252. The number of carbonyl (C=O) groups excluding carboxylic acids is 2. The van der Waals surface area contributed by atoms with Crippen LogP contribution in [-0.4, -0.2) is 88.8 Å². The van der Waals surface area contributed by atoms with Crippen molar-refractivity contribution in [1.82, 2.24) is 10.2 Å². The fourth-order valence-electron chi connectivity index (χ4n) is 3.48. The van der Waals surface area contributed by atoms with E-state index in [9.17, 15) is 9.59 Å². The van der Waals surface area contributed by atoms with Crippen LogP contribution >= 0.6 is 0 Å². The van der Waals surface area contributed by atoms with Gasteiger partial charge in [0.2, 0.25) is 0 Å². The van der Waals surface area contributed by atoms with Crippen LogP contribution in [-0.2, 0) is 9.59 Å². The third-order valence-electron chi connectivity index (χ3n) is 5.04. The molecule has 1 aliphatic rings. The molecule has 1 saturated heterocycles. The minimum Gasteiger partial charge on any atom is -0.497 e. The van der Waals surface area contributed by atoms with Crippen molar-refractivity contribution in [2.75, 3.05) is 66.6 Å². The van der Waals surface area contributed by atoms with Crippen LogP contribution in [0.15, 0.2) is 24.3 Å². The van der Waals surface area contributed by atoms with Crippen molar-refractivity contribution in [2.24, 2.45) is 0 Å². The molecule has 1 heterocycles. The zero-order valence-corrected chi connectivity index (χ0v) is 19.0. The lowest BCUT2D eigenvalue weighted by molar-refractivity contribution is -0.904. The lowest BCUT2D eigenvalue weighted by atomic mass is 10.1. The van der Waals surface area contributed by atoms with Gasteiger partial charge in [-0.3, -0.25) is 9.59 Å². The highest BCUT2D eigenvalue weighted by molar-refractivity contribution is 5.79. The van der Waals surface area contributed by atoms with Gasteiger partial charge in [-0.05, 0) is 45.0 Å². The smallest absolute Gasteiger partial charge is 0.278 e. The van der Waals surface area contributed by atoms with Crippen molar-refractivity contribution < 1.29 is 28.9 Å². The number of hydrogen-bond donors (Lipinski definition) is 3. The van der Waals surface area contributed by atoms with Gasteiger partial charge in [0, 0.05) is 5.54 Å². The maximum Gasteiger partial charge on any atom is 0.278 e. The van der Waals surface area contributed by atoms with Crippen LogP contribution in [0.3, 0.4) is 0 Å². The summed E-state index contributed by atoms with van der Waals surface area (Å²) in [6, 6.07) is 7.59. The average Bonchev–Trinajstić information content (AvgIpc) is 2.67. The Morgan fingerprint density at radius 1 is 1.10 bits per heavy atom. The van der Waals surface area contributed by atoms with Crippen molar-refractivity contribution in [3.05, 3.63) is 24.3 Å². The van der Waals surface area contributed by atoms with E-state index in [1.807, 2.05) is 57.0 Å². The minimum absolute atomic E-state index is 0.0288. The number of likely N-dealkylation sites (N-methyl/N-ethyl adjacent to an activating group) is 1. The van der Waals surface area contributed by atoms with Gasteiger partial charge >= 0.3 is 0 Å². The van der Waals surface area contributed by atoms with E-state index in [0.717, 1.165) is 49.1 Å². The maximum atomic E-state index is 12.6. The molecule has 0 aliphatic carbocycles. The fraction of sp³-hybridized carbons (Fsp3) is 0.636. The van der Waals surface area contributed by atoms with Gasteiger partial charge in [0.05, 0.1) is 40.3 Å². The monoisotopic (exact) mass is 422 g/mol. The van der Waals surface area contributed by atoms with Gasteiger partial charge in [0.1, 0.15) is 24.7 Å². The Morgan fingerprint density at radius 2 is 1.70 bits per heavy atom. The van der Waals surface area contributed by atoms with Crippen LogP contribution in [0.2, 0.25) is 0 Å². The summed E-state index contributed by atoms with van der Waals surface area (Å²) in [7, 11) is 3.53. The summed E-state index contributed by atoms with van der Waals surface area (Å²) in [6.07, 6.45) is 0. The SMILES string of the molecule is COc1ccc(OCC[NH+]2CCN(C(=O)C[NH+](C)CC(=O)NC(C)(C)C)CC2)cc1. The molecule has 1 aliphatic heterocycles. The quantitative estimate of drug-likeness (QED) is 0.440. The number of hydrogen-bond acceptors (Lipinski definition) is 4. The molecule has 168 valence electrons. The van der Waals surface area contributed by atoms with Crippen molar-refractivity contribution in [2.45, 2.75) is 26.3 Å². The predicted molar refractivity (Wildman–Crippen MR) is 115 cm³/mol. The van der Waals surface area contributed by atoms with Crippen LogP contribution < -0.4 is 24.6 Å². The van der Waals surface area contributed by atoms with Crippen molar-refractivity contribution >= 4 is 11.8 Å². The van der Waals surface area contributed by atoms with Gasteiger partial charge in [0.15, 0.2) is 13.1 Å². The van der Waals surface area contributed by atoms with Crippen molar-refractivity contribution in [3.8, 4) is 11.5 Å². The molecule has 0 spiro atoms. The molecular weight excluding hydrogens is 384 g/mol. The van der Waals surface area contributed by atoms with Gasteiger partial charge in [0.25, 0.3) is 11.8 Å². The molecule has 1 fully saturated rings. The van der Waals surface area contributed by atoms with Crippen LogP contribution in [0, 0.1) is 0 Å². The molecule has 1 aromatic rings. The molecule has 1 aromatic carbocycles. The number of carbonyl (C=O) groups is 2.